The van der Waals surface area contributed by atoms with Gasteiger partial charge in [0.05, 0.1) is 12.1 Å². The van der Waals surface area contributed by atoms with E-state index in [9.17, 15) is 33.9 Å². The fraction of sp³-hybridized carbons (Fsp3) is 0.625. The predicted octanol–water partition coefficient (Wildman–Crippen LogP) is 2.44. The summed E-state index contributed by atoms with van der Waals surface area (Å²) >= 11 is 0. The lowest BCUT2D eigenvalue weighted by molar-refractivity contribution is -0.146. The van der Waals surface area contributed by atoms with Gasteiger partial charge in [-0.1, -0.05) is 63.9 Å². The molecule has 12 nitrogen and oxygen atoms in total. The molecule has 1 heterocycles. The van der Waals surface area contributed by atoms with E-state index in [0.29, 0.717) is 18.5 Å². The quantitative estimate of drug-likeness (QED) is 0.232. The van der Waals surface area contributed by atoms with Gasteiger partial charge in [0.2, 0.25) is 17.6 Å². The Labute approximate surface area is 258 Å². The number of carbonyl (C=O) groups excluding carboxylic acids is 5. The molecule has 4 amide bonds. The Morgan fingerprint density at radius 3 is 2.23 bits per heavy atom. The van der Waals surface area contributed by atoms with Crippen molar-refractivity contribution in [3.8, 4) is 0 Å². The lowest BCUT2D eigenvalue weighted by Gasteiger charge is -2.32. The number of nitrogens with zero attached hydrogens (tertiary/aromatic N) is 1. The number of ketones is 1. The molecular weight excluding hydrogens is 568 g/mol. The van der Waals surface area contributed by atoms with E-state index in [1.54, 1.807) is 65.0 Å². The van der Waals surface area contributed by atoms with Crippen molar-refractivity contribution < 1.29 is 38.6 Å². The van der Waals surface area contributed by atoms with E-state index in [0.717, 1.165) is 19.3 Å². The molecule has 0 aromatic heterocycles. The van der Waals surface area contributed by atoms with Crippen LogP contribution in [0.1, 0.15) is 72.3 Å². The fourth-order valence-corrected chi connectivity index (χ4v) is 6.19. The van der Waals surface area contributed by atoms with E-state index in [4.69, 9.17) is 4.74 Å². The van der Waals surface area contributed by atoms with Gasteiger partial charge in [-0.15, -0.1) is 0 Å². The highest BCUT2D eigenvalue weighted by Crippen LogP contribution is 2.42. The Morgan fingerprint density at radius 1 is 0.955 bits per heavy atom. The topological polar surface area (TPSA) is 171 Å². The number of likely N-dealkylation sites (tertiary alicyclic amines) is 1. The molecule has 2 aliphatic rings. The van der Waals surface area contributed by atoms with Crippen LogP contribution in [0.2, 0.25) is 0 Å². The third-order valence-corrected chi connectivity index (χ3v) is 8.31. The largest absolute Gasteiger partial charge is 0.480 e. The lowest BCUT2D eigenvalue weighted by Crippen LogP contribution is -2.59. The van der Waals surface area contributed by atoms with Crippen LogP contribution in [0.3, 0.4) is 0 Å². The smallest absolute Gasteiger partial charge is 0.408 e. The van der Waals surface area contributed by atoms with Crippen LogP contribution in [0.4, 0.5) is 4.79 Å². The van der Waals surface area contributed by atoms with E-state index in [-0.39, 0.29) is 36.7 Å². The number of carboxylic acids is 1. The molecule has 2 fully saturated rings. The minimum absolute atomic E-state index is 0.0159. The van der Waals surface area contributed by atoms with Gasteiger partial charge >= 0.3 is 12.1 Å². The second kappa shape index (κ2) is 15.7. The fourth-order valence-electron chi connectivity index (χ4n) is 6.19. The summed E-state index contributed by atoms with van der Waals surface area (Å²) in [6.07, 6.45) is 1.99. The Balaban J connectivity index is 1.77. The summed E-state index contributed by atoms with van der Waals surface area (Å²) in [5.74, 6) is -4.60. The van der Waals surface area contributed by atoms with Crippen LogP contribution in [0, 0.1) is 17.8 Å². The van der Waals surface area contributed by atoms with Crippen LogP contribution < -0.4 is 16.0 Å². The van der Waals surface area contributed by atoms with E-state index >= 15 is 0 Å². The molecule has 1 aliphatic carbocycles. The maximum atomic E-state index is 13.9. The first kappa shape index (κ1) is 34.5. The number of ether oxygens (including phenoxy) is 1. The molecule has 6 atom stereocenters. The van der Waals surface area contributed by atoms with Crippen molar-refractivity contribution in [1.82, 2.24) is 20.9 Å². The molecule has 1 saturated heterocycles. The number of nitrogens with one attached hydrogen (secondary N) is 3. The van der Waals surface area contributed by atoms with E-state index in [2.05, 4.69) is 16.0 Å². The van der Waals surface area contributed by atoms with Crippen molar-refractivity contribution in [1.29, 1.82) is 0 Å². The summed E-state index contributed by atoms with van der Waals surface area (Å²) in [5.41, 5.74) is 0.676. The van der Waals surface area contributed by atoms with Gasteiger partial charge in [-0.05, 0) is 56.4 Å². The third kappa shape index (κ3) is 8.79. The monoisotopic (exact) mass is 614 g/mol. The van der Waals surface area contributed by atoms with Gasteiger partial charge in [-0.25, -0.2) is 9.59 Å². The van der Waals surface area contributed by atoms with Crippen LogP contribution in [-0.2, 0) is 35.1 Å². The first-order valence-electron chi connectivity index (χ1n) is 15.5. The van der Waals surface area contributed by atoms with Crippen molar-refractivity contribution >= 4 is 35.6 Å². The molecule has 1 aliphatic heterocycles. The molecule has 0 unspecified atom stereocenters. The van der Waals surface area contributed by atoms with Crippen LogP contribution in [0.15, 0.2) is 30.3 Å². The second-order valence-corrected chi connectivity index (χ2v) is 12.4. The summed E-state index contributed by atoms with van der Waals surface area (Å²) in [6.45, 7) is 9.13. The highest BCUT2D eigenvalue weighted by atomic mass is 16.6. The minimum Gasteiger partial charge on any atom is -0.480 e. The first-order chi connectivity index (χ1) is 20.8. The molecule has 4 N–H and O–H groups in total. The van der Waals surface area contributed by atoms with E-state index in [1.165, 1.54) is 4.90 Å². The zero-order valence-corrected chi connectivity index (χ0v) is 26.2. The molecule has 0 bridgehead atoms. The number of fused-ring (bicyclic) bond motifs is 1. The van der Waals surface area contributed by atoms with Crippen molar-refractivity contribution in [2.45, 2.75) is 103 Å². The van der Waals surface area contributed by atoms with Crippen molar-refractivity contribution in [3.63, 3.8) is 0 Å². The lowest BCUT2D eigenvalue weighted by atomic mass is 9.92. The highest BCUT2D eigenvalue weighted by molar-refractivity contribution is 6.38. The molecule has 1 aromatic rings. The van der Waals surface area contributed by atoms with Gasteiger partial charge in [-0.3, -0.25) is 19.2 Å². The van der Waals surface area contributed by atoms with Gasteiger partial charge < -0.3 is 30.7 Å². The van der Waals surface area contributed by atoms with Crippen LogP contribution >= 0.6 is 0 Å². The molecule has 0 spiro atoms. The minimum atomic E-state index is -1.34. The normalized spacial score (nSPS) is 21.2. The first-order valence-corrected chi connectivity index (χ1v) is 15.5. The van der Waals surface area contributed by atoms with Gasteiger partial charge in [0.25, 0.3) is 5.91 Å². The number of amides is 4. The summed E-state index contributed by atoms with van der Waals surface area (Å²) in [7, 11) is 0. The number of carbonyl (C=O) groups is 6. The Bertz CT molecular complexity index is 1200. The molecule has 44 heavy (non-hydrogen) atoms. The maximum Gasteiger partial charge on any atom is 0.408 e. The Morgan fingerprint density at radius 2 is 1.64 bits per heavy atom. The highest BCUT2D eigenvalue weighted by Gasteiger charge is 2.51. The molecular formula is C32H46N4O8. The van der Waals surface area contributed by atoms with Crippen molar-refractivity contribution in [2.75, 3.05) is 6.54 Å². The Kier molecular flexibility index (Phi) is 12.3. The molecule has 3 rings (SSSR count). The summed E-state index contributed by atoms with van der Waals surface area (Å²) in [4.78, 5) is 79.7. The summed E-state index contributed by atoms with van der Waals surface area (Å²) in [6, 6.07) is 4.39. The van der Waals surface area contributed by atoms with Crippen molar-refractivity contribution in [3.05, 3.63) is 35.9 Å². The zero-order valence-electron chi connectivity index (χ0n) is 26.2. The second-order valence-electron chi connectivity index (χ2n) is 12.4. The third-order valence-electron chi connectivity index (χ3n) is 8.31. The summed E-state index contributed by atoms with van der Waals surface area (Å²) < 4.78 is 5.18. The number of hydrogen-bond donors (Lipinski definition) is 4. The number of hydrogen-bond acceptors (Lipinski definition) is 7. The number of benzene rings is 1. The standard InChI is InChI=1S/C32H46N4O8/c1-6-11-23(27(37)29(39)34-24(31(41)42)16-20-12-8-7-9-13-20)33-28(38)26-22-15-10-14-21(22)17-36(26)30(40)25(18(2)3)35-32(43)44-19(4)5/h7-9,12-13,18-19,21-26H,6,10-11,14-17H2,1-5H3,(H,33,38)(H,34,39)(H,35,43)(H,41,42)/t21-,22-,23-,24-,25-,26-/m0/s1. The van der Waals surface area contributed by atoms with Gasteiger partial charge in [0.15, 0.2) is 0 Å². The average Bonchev–Trinajstić information content (AvgIpc) is 3.56. The van der Waals surface area contributed by atoms with Gasteiger partial charge in [-0.2, -0.15) is 0 Å². The number of rotatable bonds is 14. The molecule has 1 aromatic carbocycles. The summed E-state index contributed by atoms with van der Waals surface area (Å²) in [5, 5.41) is 17.4. The Hall–Kier alpha value is -3.96. The zero-order chi connectivity index (χ0) is 32.6. The van der Waals surface area contributed by atoms with Crippen LogP contribution in [-0.4, -0.2) is 82.4 Å². The molecule has 0 radical (unpaired) electrons. The predicted molar refractivity (Wildman–Crippen MR) is 161 cm³/mol. The van der Waals surface area contributed by atoms with Crippen LogP contribution in [0.25, 0.3) is 0 Å². The van der Waals surface area contributed by atoms with Crippen molar-refractivity contribution in [2.24, 2.45) is 17.8 Å². The number of Topliss-reactive ketones (excluding diaryl/α,β-unsaturated/α-hetero) is 1. The number of alkyl carbamates (subject to hydrolysis) is 1. The molecule has 12 heteroatoms. The number of aliphatic carboxylic acids is 1. The van der Waals surface area contributed by atoms with E-state index in [1.807, 2.05) is 0 Å². The average molecular weight is 615 g/mol. The number of carboxylic acid groups (broad SMARTS) is 1. The van der Waals surface area contributed by atoms with Gasteiger partial charge in [0.1, 0.15) is 18.1 Å². The SMILES string of the molecule is CCC[C@H](NC(=O)[C@@H]1[C@H]2CCC[C@H]2CN1C(=O)[C@@H](NC(=O)OC(C)C)C(C)C)C(=O)C(=O)N[C@@H](Cc1ccccc1)C(=O)O. The molecule has 242 valence electrons. The van der Waals surface area contributed by atoms with Gasteiger partial charge in [0, 0.05) is 13.0 Å². The van der Waals surface area contributed by atoms with E-state index < -0.39 is 59.7 Å². The maximum absolute atomic E-state index is 13.9. The molecule has 1 saturated carbocycles. The van der Waals surface area contributed by atoms with Crippen LogP contribution in [0.5, 0.6) is 0 Å².